The molecule has 0 heterocycles. The first-order valence-corrected chi connectivity index (χ1v) is 10.1. The van der Waals surface area contributed by atoms with E-state index < -0.39 is 5.91 Å². The van der Waals surface area contributed by atoms with Gasteiger partial charge in [-0.15, -0.1) is 0 Å². The number of rotatable bonds is 6. The number of anilines is 1. The fourth-order valence-electron chi connectivity index (χ4n) is 2.58. The molecule has 3 N–H and O–H groups in total. The Bertz CT molecular complexity index is 1130. The SMILES string of the molecule is COc1cc(Br)cc(/C=N\NC(=O)c2ccc(NC(=O)c3ccc(Cl)cc3)cc2)c1O. The van der Waals surface area contributed by atoms with Gasteiger partial charge in [0.05, 0.1) is 13.3 Å². The van der Waals surface area contributed by atoms with Gasteiger partial charge in [0.15, 0.2) is 11.5 Å². The van der Waals surface area contributed by atoms with E-state index in [-0.39, 0.29) is 17.4 Å². The Morgan fingerprint density at radius 3 is 2.29 bits per heavy atom. The van der Waals surface area contributed by atoms with E-state index in [0.29, 0.717) is 31.9 Å². The van der Waals surface area contributed by atoms with Crippen LogP contribution >= 0.6 is 27.5 Å². The second-order valence-corrected chi connectivity index (χ2v) is 7.64. The minimum Gasteiger partial charge on any atom is -0.504 e. The van der Waals surface area contributed by atoms with E-state index in [1.165, 1.54) is 13.3 Å². The fourth-order valence-corrected chi connectivity index (χ4v) is 3.16. The minimum atomic E-state index is -0.451. The van der Waals surface area contributed by atoms with Crippen LogP contribution in [0.4, 0.5) is 5.69 Å². The molecule has 3 aromatic rings. The molecule has 0 radical (unpaired) electrons. The maximum atomic E-state index is 12.3. The molecule has 9 heteroatoms. The molecule has 0 unspecified atom stereocenters. The summed E-state index contributed by atoms with van der Waals surface area (Å²) in [5.74, 6) is -0.557. The summed E-state index contributed by atoms with van der Waals surface area (Å²) in [6.45, 7) is 0. The number of aromatic hydroxyl groups is 1. The van der Waals surface area contributed by atoms with Gasteiger partial charge in [-0.25, -0.2) is 5.43 Å². The number of amides is 2. The molecule has 0 aliphatic carbocycles. The van der Waals surface area contributed by atoms with Crippen LogP contribution < -0.4 is 15.5 Å². The molecule has 0 saturated heterocycles. The van der Waals surface area contributed by atoms with Gasteiger partial charge < -0.3 is 15.2 Å². The number of phenols is 1. The number of hydrogen-bond donors (Lipinski definition) is 3. The maximum absolute atomic E-state index is 12.3. The summed E-state index contributed by atoms with van der Waals surface area (Å²) in [7, 11) is 1.44. The Morgan fingerprint density at radius 2 is 1.65 bits per heavy atom. The molecule has 2 amide bonds. The summed E-state index contributed by atoms with van der Waals surface area (Å²) in [4.78, 5) is 24.5. The number of hydrogen-bond acceptors (Lipinski definition) is 5. The minimum absolute atomic E-state index is 0.0931. The van der Waals surface area contributed by atoms with E-state index in [9.17, 15) is 14.7 Å². The third kappa shape index (κ3) is 5.84. The summed E-state index contributed by atoms with van der Waals surface area (Å²) < 4.78 is 5.76. The highest BCUT2D eigenvalue weighted by Gasteiger charge is 2.10. The Labute approximate surface area is 191 Å². The molecule has 0 spiro atoms. The van der Waals surface area contributed by atoms with E-state index >= 15 is 0 Å². The highest BCUT2D eigenvalue weighted by molar-refractivity contribution is 9.10. The van der Waals surface area contributed by atoms with Gasteiger partial charge >= 0.3 is 0 Å². The van der Waals surface area contributed by atoms with Crippen molar-refractivity contribution in [2.45, 2.75) is 0 Å². The van der Waals surface area contributed by atoms with E-state index in [1.807, 2.05) is 0 Å². The molecule has 7 nitrogen and oxygen atoms in total. The number of carbonyl (C=O) groups is 2. The highest BCUT2D eigenvalue weighted by atomic mass is 79.9. The van der Waals surface area contributed by atoms with Crippen LogP contribution in [0.2, 0.25) is 5.02 Å². The largest absolute Gasteiger partial charge is 0.504 e. The fraction of sp³-hybridized carbons (Fsp3) is 0.0455. The van der Waals surface area contributed by atoms with Gasteiger partial charge in [-0.05, 0) is 60.7 Å². The Morgan fingerprint density at radius 1 is 1.03 bits per heavy atom. The van der Waals surface area contributed by atoms with Crippen molar-refractivity contribution in [1.29, 1.82) is 0 Å². The van der Waals surface area contributed by atoms with Gasteiger partial charge in [-0.3, -0.25) is 9.59 Å². The lowest BCUT2D eigenvalue weighted by atomic mass is 10.1. The molecule has 3 aromatic carbocycles. The molecular formula is C22H17BrClN3O4. The average molecular weight is 503 g/mol. The van der Waals surface area contributed by atoms with E-state index in [2.05, 4.69) is 31.8 Å². The van der Waals surface area contributed by atoms with Crippen molar-refractivity contribution in [2.24, 2.45) is 5.10 Å². The van der Waals surface area contributed by atoms with Crippen molar-refractivity contribution in [3.05, 3.63) is 86.8 Å². The van der Waals surface area contributed by atoms with Crippen molar-refractivity contribution in [3.63, 3.8) is 0 Å². The molecule has 0 aliphatic rings. The quantitative estimate of drug-likeness (QED) is 0.332. The standard InChI is InChI=1S/C22H17BrClN3O4/c1-31-19-11-16(23)10-15(20(19)28)12-25-27-22(30)14-4-8-18(9-5-14)26-21(29)13-2-6-17(24)7-3-13/h2-12,28H,1H3,(H,26,29)(H,27,30)/b25-12-. The molecule has 0 fully saturated rings. The first kappa shape index (κ1) is 22.3. The second kappa shape index (κ2) is 10.1. The number of ether oxygens (including phenoxy) is 1. The topological polar surface area (TPSA) is 100 Å². The average Bonchev–Trinajstić information content (AvgIpc) is 2.76. The van der Waals surface area contributed by atoms with Gasteiger partial charge in [-0.2, -0.15) is 5.10 Å². The molecule has 0 aromatic heterocycles. The Balaban J connectivity index is 1.62. The zero-order valence-corrected chi connectivity index (χ0v) is 18.6. The monoisotopic (exact) mass is 501 g/mol. The summed E-state index contributed by atoms with van der Waals surface area (Å²) in [6, 6.07) is 16.1. The van der Waals surface area contributed by atoms with Crippen LogP contribution in [-0.4, -0.2) is 30.2 Å². The van der Waals surface area contributed by atoms with Crippen molar-refractivity contribution in [1.82, 2.24) is 5.43 Å². The number of benzene rings is 3. The molecule has 0 bridgehead atoms. The Hall–Kier alpha value is -3.36. The second-order valence-electron chi connectivity index (χ2n) is 6.28. The highest BCUT2D eigenvalue weighted by Crippen LogP contribution is 2.32. The number of carbonyl (C=O) groups excluding carboxylic acids is 2. The van der Waals surface area contributed by atoms with Crippen molar-refractivity contribution in [3.8, 4) is 11.5 Å². The smallest absolute Gasteiger partial charge is 0.271 e. The third-order valence-corrected chi connectivity index (χ3v) is 4.88. The normalized spacial score (nSPS) is 10.7. The van der Waals surface area contributed by atoms with Crippen LogP contribution in [0.1, 0.15) is 26.3 Å². The molecule has 0 atom stereocenters. The summed E-state index contributed by atoms with van der Waals surface area (Å²) in [5, 5.41) is 17.3. The summed E-state index contributed by atoms with van der Waals surface area (Å²) in [6.07, 6.45) is 1.31. The van der Waals surface area contributed by atoms with E-state index in [4.69, 9.17) is 16.3 Å². The van der Waals surface area contributed by atoms with Gasteiger partial charge in [0.1, 0.15) is 0 Å². The predicted molar refractivity (Wildman–Crippen MR) is 123 cm³/mol. The number of nitrogens with zero attached hydrogens (tertiary/aromatic N) is 1. The Kier molecular flexibility index (Phi) is 7.28. The lowest BCUT2D eigenvalue weighted by Crippen LogP contribution is -2.18. The predicted octanol–water partition coefficient (Wildman–Crippen LogP) is 4.83. The van der Waals surface area contributed by atoms with Crippen LogP contribution in [0.25, 0.3) is 0 Å². The number of nitrogens with one attached hydrogen (secondary N) is 2. The van der Waals surface area contributed by atoms with Crippen LogP contribution in [-0.2, 0) is 0 Å². The van der Waals surface area contributed by atoms with Crippen LogP contribution in [0, 0.1) is 0 Å². The van der Waals surface area contributed by atoms with Gasteiger partial charge in [-0.1, -0.05) is 27.5 Å². The first-order valence-electron chi connectivity index (χ1n) is 8.94. The van der Waals surface area contributed by atoms with Crippen LogP contribution in [0.15, 0.2) is 70.2 Å². The lowest BCUT2D eigenvalue weighted by molar-refractivity contribution is 0.0954. The molecule has 158 valence electrons. The third-order valence-electron chi connectivity index (χ3n) is 4.17. The molecule has 0 saturated carbocycles. The van der Waals surface area contributed by atoms with E-state index in [1.54, 1.807) is 60.7 Å². The van der Waals surface area contributed by atoms with Crippen molar-refractivity contribution >= 4 is 51.2 Å². The van der Waals surface area contributed by atoms with Gasteiger partial charge in [0, 0.05) is 31.9 Å². The molecule has 31 heavy (non-hydrogen) atoms. The zero-order valence-electron chi connectivity index (χ0n) is 16.2. The van der Waals surface area contributed by atoms with Crippen molar-refractivity contribution < 1.29 is 19.4 Å². The number of hydrazone groups is 1. The molecule has 0 aliphatic heterocycles. The van der Waals surface area contributed by atoms with E-state index in [0.717, 1.165) is 0 Å². The summed E-state index contributed by atoms with van der Waals surface area (Å²) in [5.41, 5.74) is 4.10. The number of phenolic OH excluding ortho intramolecular Hbond substituents is 1. The van der Waals surface area contributed by atoms with Crippen LogP contribution in [0.5, 0.6) is 11.5 Å². The first-order chi connectivity index (χ1) is 14.9. The van der Waals surface area contributed by atoms with Crippen LogP contribution in [0.3, 0.4) is 0 Å². The maximum Gasteiger partial charge on any atom is 0.271 e. The zero-order chi connectivity index (χ0) is 22.4. The van der Waals surface area contributed by atoms with Crippen molar-refractivity contribution in [2.75, 3.05) is 12.4 Å². The molecule has 3 rings (SSSR count). The summed E-state index contributed by atoms with van der Waals surface area (Å²) >= 11 is 9.13. The number of methoxy groups -OCH3 is 1. The lowest BCUT2D eigenvalue weighted by Gasteiger charge is -2.07. The molecular weight excluding hydrogens is 486 g/mol. The van der Waals surface area contributed by atoms with Gasteiger partial charge in [0.25, 0.3) is 11.8 Å². The number of halogens is 2. The van der Waals surface area contributed by atoms with Gasteiger partial charge in [0.2, 0.25) is 0 Å².